The third-order valence-electron chi connectivity index (χ3n) is 3.13. The molecule has 1 atom stereocenters. The molecular weight excluding hydrogens is 421 g/mol. The van der Waals surface area contributed by atoms with E-state index in [1.807, 2.05) is 0 Å². The van der Waals surface area contributed by atoms with E-state index in [1.54, 1.807) is 19.1 Å². The predicted molar refractivity (Wildman–Crippen MR) is 94.8 cm³/mol. The highest BCUT2D eigenvalue weighted by Gasteiger charge is 2.34. The molecular formula is C14H11Cl5N2O3. The third kappa shape index (κ3) is 4.83. The number of benzene rings is 1. The van der Waals surface area contributed by atoms with E-state index < -0.39 is 28.4 Å². The van der Waals surface area contributed by atoms with Gasteiger partial charge in [0.1, 0.15) is 6.61 Å². The summed E-state index contributed by atoms with van der Waals surface area (Å²) in [4.78, 5) is 24.2. The molecule has 0 spiro atoms. The zero-order chi connectivity index (χ0) is 18.1. The average Bonchev–Trinajstić information content (AvgIpc) is 2.43. The molecule has 0 bridgehead atoms. The number of esters is 1. The van der Waals surface area contributed by atoms with Gasteiger partial charge >= 0.3 is 12.0 Å². The zero-order valence-corrected chi connectivity index (χ0v) is 15.9. The molecule has 0 saturated heterocycles. The van der Waals surface area contributed by atoms with Crippen LogP contribution in [0.3, 0.4) is 0 Å². The van der Waals surface area contributed by atoms with Gasteiger partial charge in [-0.3, -0.25) is 0 Å². The number of alkyl halides is 3. The number of hydrogen-bond acceptors (Lipinski definition) is 3. The molecule has 0 aliphatic carbocycles. The average molecular weight is 433 g/mol. The highest BCUT2D eigenvalue weighted by atomic mass is 35.6. The summed E-state index contributed by atoms with van der Waals surface area (Å²) in [6.45, 7) is 1.11. The Morgan fingerprint density at radius 2 is 1.96 bits per heavy atom. The van der Waals surface area contributed by atoms with Crippen molar-refractivity contribution in [2.75, 3.05) is 6.61 Å². The number of hydrogen-bond donors (Lipinski definition) is 2. The molecule has 1 aliphatic rings. The van der Waals surface area contributed by atoms with Crippen LogP contribution in [0.15, 0.2) is 29.5 Å². The van der Waals surface area contributed by atoms with Gasteiger partial charge < -0.3 is 15.4 Å². The Bertz CT molecular complexity index is 715. The number of carbonyl (C=O) groups is 2. The number of nitrogens with one attached hydrogen (secondary N) is 2. The number of ether oxygens (including phenoxy) is 1. The molecule has 1 aromatic rings. The molecule has 1 aliphatic heterocycles. The maximum Gasteiger partial charge on any atom is 0.338 e. The van der Waals surface area contributed by atoms with Crippen molar-refractivity contribution in [2.45, 2.75) is 16.8 Å². The maximum absolute atomic E-state index is 12.4. The largest absolute Gasteiger partial charge is 0.458 e. The monoisotopic (exact) mass is 430 g/mol. The van der Waals surface area contributed by atoms with Crippen LogP contribution in [-0.4, -0.2) is 22.4 Å². The summed E-state index contributed by atoms with van der Waals surface area (Å²) in [7, 11) is 0. The molecule has 1 aromatic carbocycles. The zero-order valence-electron chi connectivity index (χ0n) is 12.1. The van der Waals surface area contributed by atoms with Gasteiger partial charge in [0.15, 0.2) is 0 Å². The van der Waals surface area contributed by atoms with E-state index in [1.165, 1.54) is 6.07 Å². The van der Waals surface area contributed by atoms with Gasteiger partial charge in [0.25, 0.3) is 0 Å². The van der Waals surface area contributed by atoms with Crippen LogP contribution in [0.1, 0.15) is 18.5 Å². The third-order valence-corrected chi connectivity index (χ3v) is 4.02. The normalized spacial score (nSPS) is 18.1. The van der Waals surface area contributed by atoms with Gasteiger partial charge in [-0.1, -0.05) is 64.1 Å². The van der Waals surface area contributed by atoms with E-state index in [9.17, 15) is 9.59 Å². The van der Waals surface area contributed by atoms with Crippen molar-refractivity contribution in [2.24, 2.45) is 0 Å². The van der Waals surface area contributed by atoms with Crippen LogP contribution < -0.4 is 10.6 Å². The van der Waals surface area contributed by atoms with E-state index in [-0.39, 0.29) is 10.6 Å². The molecule has 0 fully saturated rings. The van der Waals surface area contributed by atoms with Crippen LogP contribution in [0.2, 0.25) is 10.0 Å². The first-order valence-electron chi connectivity index (χ1n) is 6.55. The Labute approximate surface area is 163 Å². The van der Waals surface area contributed by atoms with Crippen molar-refractivity contribution in [3.63, 3.8) is 0 Å². The van der Waals surface area contributed by atoms with Crippen LogP contribution >= 0.6 is 58.0 Å². The number of amides is 2. The number of rotatable bonds is 3. The van der Waals surface area contributed by atoms with Crippen molar-refractivity contribution >= 4 is 70.0 Å². The fourth-order valence-corrected chi connectivity index (χ4v) is 2.84. The Morgan fingerprint density at radius 3 is 2.54 bits per heavy atom. The topological polar surface area (TPSA) is 67.4 Å². The maximum atomic E-state index is 12.4. The molecule has 5 nitrogen and oxygen atoms in total. The molecule has 0 saturated carbocycles. The Kier molecular flexibility index (Phi) is 6.15. The molecule has 24 heavy (non-hydrogen) atoms. The lowest BCUT2D eigenvalue weighted by Crippen LogP contribution is -2.45. The number of carbonyl (C=O) groups excluding carboxylic acids is 2. The van der Waals surface area contributed by atoms with Crippen LogP contribution in [-0.2, 0) is 9.53 Å². The van der Waals surface area contributed by atoms with Crippen LogP contribution in [0.5, 0.6) is 0 Å². The summed E-state index contributed by atoms with van der Waals surface area (Å²) in [6, 6.07) is 3.40. The van der Waals surface area contributed by atoms with E-state index >= 15 is 0 Å². The molecule has 130 valence electrons. The highest BCUT2D eigenvalue weighted by molar-refractivity contribution is 6.67. The van der Waals surface area contributed by atoms with Gasteiger partial charge in [0.2, 0.25) is 3.79 Å². The fraction of sp³-hybridized carbons (Fsp3) is 0.286. The minimum atomic E-state index is -1.75. The van der Waals surface area contributed by atoms with Gasteiger partial charge in [-0.2, -0.15) is 0 Å². The Balaban J connectivity index is 2.38. The number of allylic oxidation sites excluding steroid dienone is 1. The smallest absolute Gasteiger partial charge is 0.338 e. The number of urea groups is 1. The minimum Gasteiger partial charge on any atom is -0.458 e. The summed E-state index contributed by atoms with van der Waals surface area (Å²) >= 11 is 28.8. The fourth-order valence-electron chi connectivity index (χ4n) is 2.16. The van der Waals surface area contributed by atoms with Crippen molar-refractivity contribution in [3.05, 3.63) is 45.1 Å². The number of halogens is 5. The highest BCUT2D eigenvalue weighted by Crippen LogP contribution is 2.34. The first-order chi connectivity index (χ1) is 11.1. The second kappa shape index (κ2) is 7.58. The van der Waals surface area contributed by atoms with Gasteiger partial charge in [0, 0.05) is 15.7 Å². The molecule has 2 rings (SSSR count). The van der Waals surface area contributed by atoms with E-state index in [2.05, 4.69) is 10.6 Å². The van der Waals surface area contributed by atoms with Gasteiger partial charge in [-0.15, -0.1) is 0 Å². The lowest BCUT2D eigenvalue weighted by molar-refractivity contribution is -0.139. The molecule has 2 amide bonds. The summed E-state index contributed by atoms with van der Waals surface area (Å²) in [5.74, 6) is -0.748. The summed E-state index contributed by atoms with van der Waals surface area (Å²) in [5, 5.41) is 5.82. The van der Waals surface area contributed by atoms with E-state index in [0.29, 0.717) is 16.3 Å². The summed E-state index contributed by atoms with van der Waals surface area (Å²) in [6.07, 6.45) is 0. The molecule has 0 aromatic heterocycles. The van der Waals surface area contributed by atoms with Crippen LogP contribution in [0.25, 0.3) is 0 Å². The minimum absolute atomic E-state index is 0.146. The van der Waals surface area contributed by atoms with Crippen LogP contribution in [0, 0.1) is 0 Å². The Morgan fingerprint density at radius 1 is 1.29 bits per heavy atom. The van der Waals surface area contributed by atoms with E-state index in [0.717, 1.165) is 0 Å². The van der Waals surface area contributed by atoms with Gasteiger partial charge in [0.05, 0.1) is 11.6 Å². The molecule has 10 heteroatoms. The van der Waals surface area contributed by atoms with Gasteiger partial charge in [-0.25, -0.2) is 9.59 Å². The molecule has 1 heterocycles. The molecule has 0 radical (unpaired) electrons. The lowest BCUT2D eigenvalue weighted by atomic mass is 9.95. The molecule has 2 N–H and O–H groups in total. The van der Waals surface area contributed by atoms with Crippen molar-refractivity contribution in [3.8, 4) is 0 Å². The predicted octanol–water partition coefficient (Wildman–Crippen LogP) is 4.53. The first-order valence-corrected chi connectivity index (χ1v) is 8.44. The lowest BCUT2D eigenvalue weighted by Gasteiger charge is -2.29. The van der Waals surface area contributed by atoms with E-state index in [4.69, 9.17) is 62.7 Å². The summed E-state index contributed by atoms with van der Waals surface area (Å²) in [5.41, 5.74) is 0.938. The second-order valence-electron chi connectivity index (χ2n) is 4.93. The van der Waals surface area contributed by atoms with Gasteiger partial charge in [-0.05, 0) is 24.6 Å². The quantitative estimate of drug-likeness (QED) is 0.545. The van der Waals surface area contributed by atoms with Crippen molar-refractivity contribution in [1.29, 1.82) is 0 Å². The first kappa shape index (κ1) is 19.5. The van der Waals surface area contributed by atoms with Crippen molar-refractivity contribution in [1.82, 2.24) is 10.6 Å². The SMILES string of the molecule is CC1=C(C(=O)OCC(Cl)(Cl)Cl)[C@H](c2ccc(Cl)cc2Cl)NC(=O)N1. The van der Waals surface area contributed by atoms with Crippen molar-refractivity contribution < 1.29 is 14.3 Å². The summed E-state index contributed by atoms with van der Waals surface area (Å²) < 4.78 is 3.27. The van der Waals surface area contributed by atoms with Crippen LogP contribution in [0.4, 0.5) is 4.79 Å². The Hall–Kier alpha value is -0.850. The second-order valence-corrected chi connectivity index (χ2v) is 8.29. The molecule has 0 unspecified atom stereocenters. The standard InChI is InChI=1S/C14H11Cl5N2O3/c1-6-10(12(22)24-5-14(17,18)19)11(21-13(23)20-6)8-3-2-7(15)4-9(8)16/h2-4,11H,5H2,1H3,(H2,20,21,23)/t11-/m0/s1.